The second-order valence-corrected chi connectivity index (χ2v) is 5.36. The van der Waals surface area contributed by atoms with Crippen molar-refractivity contribution in [3.63, 3.8) is 0 Å². The summed E-state index contributed by atoms with van der Waals surface area (Å²) in [5.74, 6) is -0.375. The lowest BCUT2D eigenvalue weighted by atomic mass is 9.72. The van der Waals surface area contributed by atoms with Gasteiger partial charge in [-0.15, -0.1) is 0 Å². The molecule has 2 N–H and O–H groups in total. The van der Waals surface area contributed by atoms with Gasteiger partial charge in [0.1, 0.15) is 11.8 Å². The van der Waals surface area contributed by atoms with E-state index in [4.69, 9.17) is 10.4 Å². The minimum Gasteiger partial charge on any atom is -0.481 e. The Morgan fingerprint density at radius 2 is 2.20 bits per heavy atom. The third kappa shape index (κ3) is 3.67. The van der Waals surface area contributed by atoms with Crippen molar-refractivity contribution in [1.29, 1.82) is 5.26 Å². The van der Waals surface area contributed by atoms with Crippen molar-refractivity contribution in [2.75, 3.05) is 11.9 Å². The minimum absolute atomic E-state index is 0.165. The molecule has 0 aliphatic heterocycles. The number of anilines is 1. The number of nitrogens with zero attached hydrogens (tertiary/aromatic N) is 3. The summed E-state index contributed by atoms with van der Waals surface area (Å²) in [5.41, 5.74) is 0.0780. The maximum atomic E-state index is 11.1. The zero-order valence-corrected chi connectivity index (χ0v) is 11.3. The Morgan fingerprint density at radius 1 is 1.45 bits per heavy atom. The average molecular weight is 274 g/mol. The number of aromatic nitrogens is 2. The van der Waals surface area contributed by atoms with Crippen molar-refractivity contribution in [3.05, 3.63) is 18.0 Å². The summed E-state index contributed by atoms with van der Waals surface area (Å²) in [6, 6.07) is 3.50. The quantitative estimate of drug-likeness (QED) is 0.853. The van der Waals surface area contributed by atoms with Crippen LogP contribution < -0.4 is 5.32 Å². The van der Waals surface area contributed by atoms with Gasteiger partial charge in [-0.3, -0.25) is 4.79 Å². The highest BCUT2D eigenvalue weighted by molar-refractivity contribution is 5.67. The van der Waals surface area contributed by atoms with E-state index < -0.39 is 5.97 Å². The maximum Gasteiger partial charge on any atom is 0.303 e. The largest absolute Gasteiger partial charge is 0.481 e. The molecule has 106 valence electrons. The summed E-state index contributed by atoms with van der Waals surface area (Å²) >= 11 is 0. The fourth-order valence-corrected chi connectivity index (χ4v) is 2.81. The molecule has 1 aliphatic carbocycles. The van der Waals surface area contributed by atoms with E-state index in [0.29, 0.717) is 18.2 Å². The molecular weight excluding hydrogens is 256 g/mol. The molecule has 6 heteroatoms. The molecule has 0 amide bonds. The van der Waals surface area contributed by atoms with Crippen LogP contribution in [0.1, 0.15) is 44.2 Å². The first kappa shape index (κ1) is 14.3. The molecule has 2 rings (SSSR count). The highest BCUT2D eigenvalue weighted by Gasteiger charge is 2.34. The van der Waals surface area contributed by atoms with E-state index in [2.05, 4.69) is 15.3 Å². The Labute approximate surface area is 117 Å². The first-order chi connectivity index (χ1) is 9.63. The zero-order valence-electron chi connectivity index (χ0n) is 11.3. The lowest BCUT2D eigenvalue weighted by Gasteiger charge is -2.36. The fraction of sp³-hybridized carbons (Fsp3) is 0.571. The van der Waals surface area contributed by atoms with Crippen LogP contribution in [-0.4, -0.2) is 27.6 Å². The van der Waals surface area contributed by atoms with Crippen molar-refractivity contribution >= 4 is 11.9 Å². The summed E-state index contributed by atoms with van der Waals surface area (Å²) in [6.07, 6.45) is 6.80. The Bertz CT molecular complexity index is 518. The van der Waals surface area contributed by atoms with Crippen molar-refractivity contribution < 1.29 is 9.90 Å². The van der Waals surface area contributed by atoms with Crippen molar-refractivity contribution in [2.45, 2.75) is 38.5 Å². The molecule has 1 aromatic heterocycles. The third-order valence-corrected chi connectivity index (χ3v) is 3.83. The molecule has 0 saturated heterocycles. The Hall–Kier alpha value is -2.16. The molecule has 1 aromatic rings. The van der Waals surface area contributed by atoms with Crippen molar-refractivity contribution in [3.8, 4) is 6.07 Å². The van der Waals surface area contributed by atoms with Gasteiger partial charge >= 0.3 is 5.97 Å². The highest BCUT2D eigenvalue weighted by Crippen LogP contribution is 2.39. The molecule has 6 nitrogen and oxygen atoms in total. The van der Waals surface area contributed by atoms with Crippen LogP contribution >= 0.6 is 0 Å². The second-order valence-electron chi connectivity index (χ2n) is 5.36. The van der Waals surface area contributed by atoms with Gasteiger partial charge in [0, 0.05) is 12.7 Å². The van der Waals surface area contributed by atoms with Crippen LogP contribution in [0.4, 0.5) is 5.95 Å². The van der Waals surface area contributed by atoms with Gasteiger partial charge in [0.15, 0.2) is 0 Å². The van der Waals surface area contributed by atoms with Crippen LogP contribution in [0, 0.1) is 16.7 Å². The first-order valence-electron chi connectivity index (χ1n) is 6.82. The average Bonchev–Trinajstić information content (AvgIpc) is 2.46. The van der Waals surface area contributed by atoms with Crippen molar-refractivity contribution in [1.82, 2.24) is 9.97 Å². The zero-order chi connectivity index (χ0) is 14.4. The van der Waals surface area contributed by atoms with E-state index in [1.165, 1.54) is 12.6 Å². The predicted molar refractivity (Wildman–Crippen MR) is 73.0 cm³/mol. The first-order valence-corrected chi connectivity index (χ1v) is 6.82. The van der Waals surface area contributed by atoms with Crippen molar-refractivity contribution in [2.24, 2.45) is 5.41 Å². The van der Waals surface area contributed by atoms with Crippen LogP contribution in [0.5, 0.6) is 0 Å². The molecule has 0 atom stereocenters. The summed E-state index contributed by atoms with van der Waals surface area (Å²) in [7, 11) is 0. The molecular formula is C14H18N4O2. The molecule has 20 heavy (non-hydrogen) atoms. The van der Waals surface area contributed by atoms with E-state index in [0.717, 1.165) is 25.7 Å². The van der Waals surface area contributed by atoms with Crippen LogP contribution in [0.15, 0.2) is 12.3 Å². The number of carbonyl (C=O) groups is 1. The monoisotopic (exact) mass is 274 g/mol. The van der Waals surface area contributed by atoms with Crippen LogP contribution in [0.3, 0.4) is 0 Å². The molecule has 1 saturated carbocycles. The lowest BCUT2D eigenvalue weighted by molar-refractivity contribution is -0.140. The van der Waals surface area contributed by atoms with Crippen LogP contribution in [-0.2, 0) is 4.79 Å². The van der Waals surface area contributed by atoms with E-state index >= 15 is 0 Å². The van der Waals surface area contributed by atoms with Gasteiger partial charge in [-0.1, -0.05) is 19.3 Å². The third-order valence-electron chi connectivity index (χ3n) is 3.83. The Morgan fingerprint density at radius 3 is 2.85 bits per heavy atom. The van der Waals surface area contributed by atoms with Gasteiger partial charge < -0.3 is 10.4 Å². The van der Waals surface area contributed by atoms with Crippen LogP contribution in [0.25, 0.3) is 0 Å². The Kier molecular flexibility index (Phi) is 4.51. The number of nitrogens with one attached hydrogen (secondary N) is 1. The van der Waals surface area contributed by atoms with Gasteiger partial charge in [0.25, 0.3) is 0 Å². The molecule has 1 heterocycles. The van der Waals surface area contributed by atoms with Gasteiger partial charge in [-0.05, 0) is 24.3 Å². The number of hydrogen-bond acceptors (Lipinski definition) is 5. The molecule has 1 fully saturated rings. The number of hydrogen-bond donors (Lipinski definition) is 2. The smallest absolute Gasteiger partial charge is 0.303 e. The number of rotatable bonds is 5. The van der Waals surface area contributed by atoms with E-state index in [9.17, 15) is 4.79 Å². The summed E-state index contributed by atoms with van der Waals surface area (Å²) in [4.78, 5) is 19.2. The number of carboxylic acid groups (broad SMARTS) is 1. The number of aliphatic carboxylic acids is 1. The SMILES string of the molecule is N#Cc1ccnc(NCC2(CC(=O)O)CCCCC2)n1. The molecule has 0 unspecified atom stereocenters. The maximum absolute atomic E-state index is 11.1. The standard InChI is InChI=1S/C14H18N4O2/c15-9-11-4-7-16-13(18-11)17-10-14(8-12(19)20)5-2-1-3-6-14/h4,7H,1-3,5-6,8,10H2,(H,19,20)(H,16,17,18). The second kappa shape index (κ2) is 6.33. The highest BCUT2D eigenvalue weighted by atomic mass is 16.4. The summed E-state index contributed by atoms with van der Waals surface area (Å²) in [5, 5.41) is 21.0. The van der Waals surface area contributed by atoms with E-state index in [1.807, 2.05) is 6.07 Å². The molecule has 0 spiro atoms. The number of nitriles is 1. The van der Waals surface area contributed by atoms with E-state index in [-0.39, 0.29) is 11.8 Å². The number of carboxylic acids is 1. The molecule has 0 radical (unpaired) electrons. The minimum atomic E-state index is -0.764. The predicted octanol–water partition coefficient (Wildman–Crippen LogP) is 2.19. The summed E-state index contributed by atoms with van der Waals surface area (Å²) in [6.45, 7) is 0.536. The topological polar surface area (TPSA) is 98.9 Å². The summed E-state index contributed by atoms with van der Waals surface area (Å²) < 4.78 is 0. The van der Waals surface area contributed by atoms with Gasteiger partial charge in [-0.2, -0.15) is 5.26 Å². The lowest BCUT2D eigenvalue weighted by Crippen LogP contribution is -2.34. The fourth-order valence-electron chi connectivity index (χ4n) is 2.81. The molecule has 0 aromatic carbocycles. The van der Waals surface area contributed by atoms with Gasteiger partial charge in [0.05, 0.1) is 6.42 Å². The Balaban J connectivity index is 2.04. The molecule has 1 aliphatic rings. The molecule has 0 bridgehead atoms. The normalized spacial score (nSPS) is 17.1. The van der Waals surface area contributed by atoms with Crippen LogP contribution in [0.2, 0.25) is 0 Å². The van der Waals surface area contributed by atoms with Gasteiger partial charge in [0.2, 0.25) is 5.95 Å². The van der Waals surface area contributed by atoms with Gasteiger partial charge in [-0.25, -0.2) is 9.97 Å². The van der Waals surface area contributed by atoms with E-state index in [1.54, 1.807) is 6.07 Å².